The van der Waals surface area contributed by atoms with E-state index in [9.17, 15) is 0 Å². The zero-order chi connectivity index (χ0) is 23.6. The van der Waals surface area contributed by atoms with Crippen LogP contribution in [0.2, 0.25) is 0 Å². The van der Waals surface area contributed by atoms with E-state index in [1.807, 2.05) is 5.57 Å². The summed E-state index contributed by atoms with van der Waals surface area (Å²) in [6.07, 6.45) is 28.5. The minimum atomic E-state index is 0.943. The molecule has 0 aromatic carbocycles. The molecule has 1 heteroatoms. The second-order valence-corrected chi connectivity index (χ2v) is 10.7. The number of rotatable bonds is 6. The molecule has 0 bridgehead atoms. The SMILES string of the molecule is CC/C(=C(/C)CC1CCCCC1)C1CCCCC1.CC=C(CC)C1CCCCC1.COC. The van der Waals surface area contributed by atoms with Crippen LogP contribution in [0, 0.1) is 17.8 Å². The van der Waals surface area contributed by atoms with Crippen molar-refractivity contribution in [3.05, 3.63) is 22.8 Å². The van der Waals surface area contributed by atoms with Crippen molar-refractivity contribution < 1.29 is 4.74 Å². The number of methoxy groups -OCH3 is 1. The topological polar surface area (TPSA) is 9.23 Å². The van der Waals surface area contributed by atoms with E-state index in [0.29, 0.717) is 0 Å². The number of hydrogen-bond acceptors (Lipinski definition) is 1. The van der Waals surface area contributed by atoms with E-state index in [1.165, 1.54) is 116 Å². The smallest absolute Gasteiger partial charge is 0.0351 e. The lowest BCUT2D eigenvalue weighted by Gasteiger charge is -2.28. The first-order valence-electron chi connectivity index (χ1n) is 14.3. The number of allylic oxidation sites excluding steroid dienone is 4. The van der Waals surface area contributed by atoms with Gasteiger partial charge in [0.05, 0.1) is 0 Å². The molecule has 0 radical (unpaired) electrons. The minimum Gasteiger partial charge on any atom is -0.388 e. The summed E-state index contributed by atoms with van der Waals surface area (Å²) in [6, 6.07) is 0. The molecule has 0 aromatic rings. The van der Waals surface area contributed by atoms with Crippen molar-refractivity contribution >= 4 is 0 Å². The molecule has 3 rings (SSSR count). The van der Waals surface area contributed by atoms with Crippen LogP contribution >= 0.6 is 0 Å². The minimum absolute atomic E-state index is 0.943. The highest BCUT2D eigenvalue weighted by atomic mass is 16.4. The molecule has 0 aliphatic heterocycles. The Balaban J connectivity index is 0.000000312. The third-order valence-corrected chi connectivity index (χ3v) is 8.26. The molecule has 32 heavy (non-hydrogen) atoms. The maximum absolute atomic E-state index is 4.25. The Bertz CT molecular complexity index is 497. The van der Waals surface area contributed by atoms with E-state index >= 15 is 0 Å². The zero-order valence-electron chi connectivity index (χ0n) is 22.9. The molecule has 0 atom stereocenters. The van der Waals surface area contributed by atoms with Crippen molar-refractivity contribution in [2.75, 3.05) is 14.2 Å². The Morgan fingerprint density at radius 2 is 1.12 bits per heavy atom. The fourth-order valence-electron chi connectivity index (χ4n) is 6.55. The van der Waals surface area contributed by atoms with E-state index in [4.69, 9.17) is 0 Å². The molecule has 1 nitrogen and oxygen atoms in total. The van der Waals surface area contributed by atoms with Gasteiger partial charge in [-0.1, -0.05) is 107 Å². The van der Waals surface area contributed by atoms with Gasteiger partial charge in [0.2, 0.25) is 0 Å². The lowest BCUT2D eigenvalue weighted by molar-refractivity contribution is 0.277. The second-order valence-electron chi connectivity index (χ2n) is 10.7. The highest BCUT2D eigenvalue weighted by Crippen LogP contribution is 2.36. The molecule has 0 aromatic heterocycles. The highest BCUT2D eigenvalue weighted by molar-refractivity contribution is 5.16. The van der Waals surface area contributed by atoms with Gasteiger partial charge in [0.1, 0.15) is 0 Å². The van der Waals surface area contributed by atoms with Crippen LogP contribution < -0.4 is 0 Å². The van der Waals surface area contributed by atoms with Crippen LogP contribution in [0.4, 0.5) is 0 Å². The summed E-state index contributed by atoms with van der Waals surface area (Å²) >= 11 is 0. The summed E-state index contributed by atoms with van der Waals surface area (Å²) in [5.41, 5.74) is 5.32. The average molecular weight is 447 g/mol. The molecule has 0 saturated heterocycles. The Labute approximate surface area is 202 Å². The van der Waals surface area contributed by atoms with Gasteiger partial charge in [0, 0.05) is 14.2 Å². The zero-order valence-corrected chi connectivity index (χ0v) is 22.9. The fraction of sp³-hybridized carbons (Fsp3) is 0.871. The lowest BCUT2D eigenvalue weighted by atomic mass is 9.78. The highest BCUT2D eigenvalue weighted by Gasteiger charge is 2.20. The lowest BCUT2D eigenvalue weighted by Crippen LogP contribution is -2.13. The van der Waals surface area contributed by atoms with Crippen molar-refractivity contribution in [3.8, 4) is 0 Å². The third-order valence-electron chi connectivity index (χ3n) is 8.26. The number of ether oxygens (including phenoxy) is 1. The van der Waals surface area contributed by atoms with Crippen LogP contribution in [-0.4, -0.2) is 14.2 Å². The van der Waals surface area contributed by atoms with Gasteiger partial charge < -0.3 is 4.74 Å². The maximum Gasteiger partial charge on any atom is 0.0351 e. The Morgan fingerprint density at radius 3 is 1.53 bits per heavy atom. The van der Waals surface area contributed by atoms with E-state index in [2.05, 4.69) is 38.5 Å². The van der Waals surface area contributed by atoms with Crippen molar-refractivity contribution in [1.82, 2.24) is 0 Å². The first kappa shape index (κ1) is 29.5. The van der Waals surface area contributed by atoms with E-state index in [1.54, 1.807) is 25.4 Å². The molecule has 3 fully saturated rings. The van der Waals surface area contributed by atoms with Crippen molar-refractivity contribution in [2.24, 2.45) is 17.8 Å². The van der Waals surface area contributed by atoms with Crippen molar-refractivity contribution in [3.63, 3.8) is 0 Å². The van der Waals surface area contributed by atoms with Gasteiger partial charge in [-0.05, 0) is 76.5 Å². The fourth-order valence-corrected chi connectivity index (χ4v) is 6.55. The standard InChI is InChI=1S/C18H32.C11H20.C2H6O/c1-3-18(17-12-8-5-9-13-17)15(2)14-16-10-6-4-7-11-16;1-3-10(4-2)11-8-6-5-7-9-11;1-3-2/h16-17H,3-14H2,1-2H3;3,11H,4-9H2,1-2H3;1-2H3/b18-15+;;. The molecular weight excluding hydrogens is 388 g/mol. The largest absolute Gasteiger partial charge is 0.388 e. The van der Waals surface area contributed by atoms with Gasteiger partial charge in [-0.3, -0.25) is 0 Å². The van der Waals surface area contributed by atoms with Gasteiger partial charge in [-0.2, -0.15) is 0 Å². The van der Waals surface area contributed by atoms with Crippen LogP contribution in [0.5, 0.6) is 0 Å². The van der Waals surface area contributed by atoms with Gasteiger partial charge in [-0.15, -0.1) is 0 Å². The Hall–Kier alpha value is -0.560. The van der Waals surface area contributed by atoms with Crippen LogP contribution in [0.1, 0.15) is 143 Å². The quantitative estimate of drug-likeness (QED) is 0.369. The molecule has 0 spiro atoms. The number of hydrogen-bond donors (Lipinski definition) is 0. The van der Waals surface area contributed by atoms with Gasteiger partial charge in [0.25, 0.3) is 0 Å². The summed E-state index contributed by atoms with van der Waals surface area (Å²) in [4.78, 5) is 0. The predicted octanol–water partition coefficient (Wildman–Crippen LogP) is 10.4. The van der Waals surface area contributed by atoms with Crippen LogP contribution in [-0.2, 0) is 4.74 Å². The van der Waals surface area contributed by atoms with Crippen molar-refractivity contribution in [2.45, 2.75) is 143 Å². The van der Waals surface area contributed by atoms with Gasteiger partial charge in [-0.25, -0.2) is 0 Å². The predicted molar refractivity (Wildman–Crippen MR) is 144 cm³/mol. The van der Waals surface area contributed by atoms with Crippen LogP contribution in [0.3, 0.4) is 0 Å². The summed E-state index contributed by atoms with van der Waals surface area (Å²) in [6.45, 7) is 9.30. The molecule has 3 aliphatic rings. The second kappa shape index (κ2) is 18.8. The van der Waals surface area contributed by atoms with Crippen LogP contribution in [0.15, 0.2) is 22.8 Å². The molecule has 0 heterocycles. The molecule has 0 unspecified atom stereocenters. The first-order chi connectivity index (χ1) is 15.6. The van der Waals surface area contributed by atoms with Crippen molar-refractivity contribution in [1.29, 1.82) is 0 Å². The molecular formula is C31H58O. The molecule has 188 valence electrons. The monoisotopic (exact) mass is 446 g/mol. The first-order valence-corrected chi connectivity index (χ1v) is 14.3. The molecule has 0 N–H and O–H groups in total. The maximum atomic E-state index is 4.25. The molecule has 3 saturated carbocycles. The molecule has 0 amide bonds. The normalized spacial score (nSPS) is 22.2. The molecule has 3 aliphatic carbocycles. The summed E-state index contributed by atoms with van der Waals surface area (Å²) < 4.78 is 4.25. The third kappa shape index (κ3) is 11.5. The Morgan fingerprint density at radius 1 is 0.688 bits per heavy atom. The van der Waals surface area contributed by atoms with Crippen LogP contribution in [0.25, 0.3) is 0 Å². The summed E-state index contributed by atoms with van der Waals surface area (Å²) in [5, 5.41) is 0. The average Bonchev–Trinajstić information content (AvgIpc) is 2.83. The van der Waals surface area contributed by atoms with Gasteiger partial charge in [0.15, 0.2) is 0 Å². The van der Waals surface area contributed by atoms with E-state index in [-0.39, 0.29) is 0 Å². The van der Waals surface area contributed by atoms with E-state index < -0.39 is 0 Å². The summed E-state index contributed by atoms with van der Waals surface area (Å²) in [7, 11) is 3.25. The summed E-state index contributed by atoms with van der Waals surface area (Å²) in [5.74, 6) is 2.91. The van der Waals surface area contributed by atoms with Gasteiger partial charge >= 0.3 is 0 Å². The Kier molecular flexibility index (Phi) is 17.3. The van der Waals surface area contributed by atoms with E-state index in [0.717, 1.165) is 17.8 Å².